The van der Waals surface area contributed by atoms with Crippen molar-refractivity contribution in [1.82, 2.24) is 0 Å². The molecule has 1 saturated carbocycles. The third-order valence-corrected chi connectivity index (χ3v) is 3.93. The summed E-state index contributed by atoms with van der Waals surface area (Å²) in [5.41, 5.74) is 0.591. The molecule has 0 bridgehead atoms. The maximum atomic E-state index is 9.72. The number of hydrogen-bond acceptors (Lipinski definition) is 3. The monoisotopic (exact) mass is 212 g/mol. The van der Waals surface area contributed by atoms with Crippen molar-refractivity contribution in [2.45, 2.75) is 38.4 Å². The minimum Gasteiger partial charge on any atom is -0.395 e. The van der Waals surface area contributed by atoms with E-state index in [-0.39, 0.29) is 12.0 Å². The van der Waals surface area contributed by atoms with Crippen LogP contribution in [0.3, 0.4) is 0 Å². The molecule has 2 fully saturated rings. The van der Waals surface area contributed by atoms with Crippen molar-refractivity contribution in [3.63, 3.8) is 0 Å². The molecule has 1 atom stereocenters. The standard InChI is InChI=1S/C12H20O3/c1-10(2)11(9-13)5-3-4-6-12(11)14-7-8-15-12/h13H,1,3-9H2,2H3. The number of hydrogen-bond donors (Lipinski definition) is 1. The first-order chi connectivity index (χ1) is 7.17. The number of aliphatic hydroxyl groups excluding tert-OH is 1. The fraction of sp³-hybridized carbons (Fsp3) is 0.833. The van der Waals surface area contributed by atoms with E-state index in [1.165, 1.54) is 0 Å². The van der Waals surface area contributed by atoms with Crippen molar-refractivity contribution in [3.05, 3.63) is 12.2 Å². The molecule has 1 aliphatic carbocycles. The summed E-state index contributed by atoms with van der Waals surface area (Å²) in [5.74, 6) is -0.591. The largest absolute Gasteiger partial charge is 0.395 e. The van der Waals surface area contributed by atoms with Crippen LogP contribution in [0.1, 0.15) is 32.6 Å². The number of aliphatic hydroxyl groups is 1. The summed E-state index contributed by atoms with van der Waals surface area (Å²) in [6, 6.07) is 0. The molecule has 0 aromatic carbocycles. The molecule has 15 heavy (non-hydrogen) atoms. The lowest BCUT2D eigenvalue weighted by atomic mass is 9.66. The third kappa shape index (κ3) is 1.45. The van der Waals surface area contributed by atoms with Crippen molar-refractivity contribution in [3.8, 4) is 0 Å². The lowest BCUT2D eigenvalue weighted by Crippen LogP contribution is -2.54. The highest BCUT2D eigenvalue weighted by atomic mass is 16.7. The SMILES string of the molecule is C=C(C)C1(CO)CCCCC12OCCO2. The van der Waals surface area contributed by atoms with Gasteiger partial charge < -0.3 is 14.6 Å². The van der Waals surface area contributed by atoms with Gasteiger partial charge in [-0.15, -0.1) is 0 Å². The Balaban J connectivity index is 2.35. The van der Waals surface area contributed by atoms with E-state index < -0.39 is 5.79 Å². The number of ether oxygens (including phenoxy) is 2. The molecule has 0 aromatic heterocycles. The molecule has 1 N–H and O–H groups in total. The molecule has 3 heteroatoms. The molecule has 1 unspecified atom stereocenters. The molecule has 0 amide bonds. The van der Waals surface area contributed by atoms with Gasteiger partial charge in [-0.25, -0.2) is 0 Å². The van der Waals surface area contributed by atoms with E-state index in [9.17, 15) is 5.11 Å². The van der Waals surface area contributed by atoms with Crippen molar-refractivity contribution in [2.24, 2.45) is 5.41 Å². The Bertz CT molecular complexity index is 256. The summed E-state index contributed by atoms with van der Waals surface area (Å²) in [5, 5.41) is 9.72. The molecular formula is C12H20O3. The van der Waals surface area contributed by atoms with Gasteiger partial charge in [0.2, 0.25) is 0 Å². The van der Waals surface area contributed by atoms with Gasteiger partial charge in [-0.3, -0.25) is 0 Å². The molecule has 3 nitrogen and oxygen atoms in total. The fourth-order valence-electron chi connectivity index (χ4n) is 2.96. The highest BCUT2D eigenvalue weighted by Crippen LogP contribution is 2.52. The van der Waals surface area contributed by atoms with E-state index in [0.29, 0.717) is 13.2 Å². The molecule has 2 rings (SSSR count). The van der Waals surface area contributed by atoms with Gasteiger partial charge in [0.1, 0.15) is 0 Å². The molecule has 86 valence electrons. The van der Waals surface area contributed by atoms with Gasteiger partial charge in [0.05, 0.1) is 25.2 Å². The Morgan fingerprint density at radius 1 is 1.27 bits per heavy atom. The molecule has 1 saturated heterocycles. The van der Waals surface area contributed by atoms with Crippen LogP contribution < -0.4 is 0 Å². The quantitative estimate of drug-likeness (QED) is 0.710. The van der Waals surface area contributed by atoms with Crippen LogP contribution in [0.15, 0.2) is 12.2 Å². The Morgan fingerprint density at radius 3 is 2.40 bits per heavy atom. The van der Waals surface area contributed by atoms with E-state index in [1.54, 1.807) is 0 Å². The Hall–Kier alpha value is -0.380. The Kier molecular flexibility index (Phi) is 2.88. The smallest absolute Gasteiger partial charge is 0.179 e. The predicted molar refractivity (Wildman–Crippen MR) is 57.4 cm³/mol. The first kappa shape index (κ1) is 11.1. The summed E-state index contributed by atoms with van der Waals surface area (Å²) in [4.78, 5) is 0. The second-order valence-electron chi connectivity index (χ2n) is 4.68. The second-order valence-corrected chi connectivity index (χ2v) is 4.68. The van der Waals surface area contributed by atoms with Gasteiger partial charge in [0.15, 0.2) is 5.79 Å². The summed E-state index contributed by atoms with van der Waals surface area (Å²) in [7, 11) is 0. The van der Waals surface area contributed by atoms with Crippen LogP contribution in [-0.2, 0) is 9.47 Å². The van der Waals surface area contributed by atoms with Crippen molar-refractivity contribution in [2.75, 3.05) is 19.8 Å². The molecule has 1 spiro atoms. The minimum absolute atomic E-state index is 0.0718. The normalized spacial score (nSPS) is 34.5. The third-order valence-electron chi connectivity index (χ3n) is 3.93. The zero-order valence-electron chi connectivity index (χ0n) is 9.42. The van der Waals surface area contributed by atoms with Crippen LogP contribution in [0.5, 0.6) is 0 Å². The topological polar surface area (TPSA) is 38.7 Å². The van der Waals surface area contributed by atoms with Crippen LogP contribution in [-0.4, -0.2) is 30.7 Å². The Labute approximate surface area is 91.1 Å². The van der Waals surface area contributed by atoms with E-state index in [0.717, 1.165) is 31.3 Å². The van der Waals surface area contributed by atoms with Gasteiger partial charge in [-0.05, 0) is 19.8 Å². The van der Waals surface area contributed by atoms with Crippen LogP contribution in [0, 0.1) is 5.41 Å². The van der Waals surface area contributed by atoms with Gasteiger partial charge in [0, 0.05) is 6.42 Å². The summed E-state index contributed by atoms with van der Waals surface area (Å²) >= 11 is 0. The molecule has 0 aromatic rings. The van der Waals surface area contributed by atoms with Gasteiger partial charge in [0.25, 0.3) is 0 Å². The van der Waals surface area contributed by atoms with Crippen molar-refractivity contribution in [1.29, 1.82) is 0 Å². The zero-order valence-corrected chi connectivity index (χ0v) is 9.42. The average molecular weight is 212 g/mol. The first-order valence-corrected chi connectivity index (χ1v) is 5.72. The minimum atomic E-state index is -0.591. The van der Waals surface area contributed by atoms with Crippen molar-refractivity contribution < 1.29 is 14.6 Å². The molecule has 1 aliphatic heterocycles. The van der Waals surface area contributed by atoms with Crippen molar-refractivity contribution >= 4 is 0 Å². The van der Waals surface area contributed by atoms with Crippen LogP contribution in [0.2, 0.25) is 0 Å². The van der Waals surface area contributed by atoms with Gasteiger partial charge in [-0.1, -0.05) is 18.6 Å². The lowest BCUT2D eigenvalue weighted by Gasteiger charge is -2.49. The van der Waals surface area contributed by atoms with E-state index in [2.05, 4.69) is 6.58 Å². The van der Waals surface area contributed by atoms with Gasteiger partial charge in [-0.2, -0.15) is 0 Å². The average Bonchev–Trinajstić information content (AvgIpc) is 2.68. The van der Waals surface area contributed by atoms with Crippen LogP contribution in [0.25, 0.3) is 0 Å². The molecule has 0 radical (unpaired) electrons. The summed E-state index contributed by atoms with van der Waals surface area (Å²) in [6.07, 6.45) is 4.01. The van der Waals surface area contributed by atoms with Crippen LogP contribution >= 0.6 is 0 Å². The van der Waals surface area contributed by atoms with E-state index >= 15 is 0 Å². The predicted octanol–water partition coefficient (Wildman–Crippen LogP) is 1.86. The van der Waals surface area contributed by atoms with Gasteiger partial charge >= 0.3 is 0 Å². The first-order valence-electron chi connectivity index (χ1n) is 5.72. The molecular weight excluding hydrogens is 192 g/mol. The maximum Gasteiger partial charge on any atom is 0.179 e. The molecule has 2 aliphatic rings. The fourth-order valence-corrected chi connectivity index (χ4v) is 2.96. The summed E-state index contributed by atoms with van der Waals surface area (Å²) < 4.78 is 11.6. The maximum absolute atomic E-state index is 9.72. The second kappa shape index (κ2) is 3.89. The number of rotatable bonds is 2. The summed E-state index contributed by atoms with van der Waals surface area (Å²) in [6.45, 7) is 7.33. The highest BCUT2D eigenvalue weighted by molar-refractivity contribution is 5.17. The highest BCUT2D eigenvalue weighted by Gasteiger charge is 2.57. The van der Waals surface area contributed by atoms with Crippen LogP contribution in [0.4, 0.5) is 0 Å². The Morgan fingerprint density at radius 2 is 1.87 bits per heavy atom. The van der Waals surface area contributed by atoms with E-state index in [1.807, 2.05) is 6.92 Å². The molecule has 1 heterocycles. The lowest BCUT2D eigenvalue weighted by molar-refractivity contribution is -0.252. The zero-order chi connectivity index (χ0) is 10.9. The van der Waals surface area contributed by atoms with E-state index in [4.69, 9.17) is 9.47 Å².